The Morgan fingerprint density at radius 2 is 1.82 bits per heavy atom. The van der Waals surface area contributed by atoms with Crippen LogP contribution in [-0.4, -0.2) is 10.9 Å². The van der Waals surface area contributed by atoms with E-state index in [2.05, 4.69) is 22.9 Å². The van der Waals surface area contributed by atoms with Gasteiger partial charge in [-0.1, -0.05) is 43.6 Å². The van der Waals surface area contributed by atoms with Gasteiger partial charge in [-0.3, -0.25) is 0 Å². The van der Waals surface area contributed by atoms with Crippen molar-refractivity contribution in [2.24, 2.45) is 5.41 Å². The highest BCUT2D eigenvalue weighted by atomic mass is 79.9. The molecule has 2 atom stereocenters. The largest absolute Gasteiger partial charge is 0.232 e. The molecule has 0 spiro atoms. The highest BCUT2D eigenvalue weighted by Crippen LogP contribution is 2.26. The summed E-state index contributed by atoms with van der Waals surface area (Å²) >= 11 is 3.47. The lowest BCUT2D eigenvalue weighted by Gasteiger charge is -2.25. The van der Waals surface area contributed by atoms with Gasteiger partial charge in [0.05, 0.1) is 6.10 Å². The quantitative estimate of drug-likeness (QED) is 0.652. The van der Waals surface area contributed by atoms with Crippen molar-refractivity contribution in [3.8, 4) is 0 Å². The van der Waals surface area contributed by atoms with E-state index in [1.165, 1.54) is 0 Å². The number of hydrogen-bond donors (Lipinski definition) is 0. The fraction of sp³-hybridized carbons (Fsp3) is 1.00. The Morgan fingerprint density at radius 1 is 1.36 bits per heavy atom. The van der Waals surface area contributed by atoms with Crippen molar-refractivity contribution >= 4 is 15.9 Å². The summed E-state index contributed by atoms with van der Waals surface area (Å²) < 4.78 is 0. The Kier molecular flexibility index (Phi) is 4.64. The first-order valence-corrected chi connectivity index (χ1v) is 5.09. The van der Waals surface area contributed by atoms with Crippen LogP contribution < -0.4 is 0 Å². The Balaban J connectivity index is 3.77. The van der Waals surface area contributed by atoms with Gasteiger partial charge in [0.25, 0.3) is 0 Å². The standard InChI is InChI=1S/C9H18BrO/c1-5-7(10)6-8(11)9(2,3)4/h7-8H,5-6H2,1-4H3. The zero-order valence-electron chi connectivity index (χ0n) is 7.86. The van der Waals surface area contributed by atoms with E-state index in [4.69, 9.17) is 0 Å². The third-order valence-corrected chi connectivity index (χ3v) is 2.90. The third-order valence-electron chi connectivity index (χ3n) is 1.88. The smallest absolute Gasteiger partial charge is 0.0988 e. The van der Waals surface area contributed by atoms with Crippen LogP contribution in [0.3, 0.4) is 0 Å². The number of hydrogen-bond acceptors (Lipinski definition) is 0. The maximum Gasteiger partial charge on any atom is 0.0988 e. The molecule has 0 aliphatic heterocycles. The van der Waals surface area contributed by atoms with Crippen LogP contribution in [0, 0.1) is 5.41 Å². The molecule has 0 N–H and O–H groups in total. The maximum atomic E-state index is 11.5. The van der Waals surface area contributed by atoms with Gasteiger partial charge in [0.2, 0.25) is 0 Å². The van der Waals surface area contributed by atoms with E-state index in [1.54, 1.807) is 0 Å². The second kappa shape index (κ2) is 4.46. The Bertz CT molecular complexity index is 107. The van der Waals surface area contributed by atoms with Crippen molar-refractivity contribution in [3.05, 3.63) is 0 Å². The van der Waals surface area contributed by atoms with Gasteiger partial charge in [0, 0.05) is 4.83 Å². The van der Waals surface area contributed by atoms with Crippen molar-refractivity contribution < 1.29 is 5.11 Å². The molecular weight excluding hydrogens is 204 g/mol. The lowest BCUT2D eigenvalue weighted by atomic mass is 9.86. The van der Waals surface area contributed by atoms with E-state index in [9.17, 15) is 5.11 Å². The summed E-state index contributed by atoms with van der Waals surface area (Å²) in [4.78, 5) is 0.393. The van der Waals surface area contributed by atoms with E-state index in [0.29, 0.717) is 4.83 Å². The summed E-state index contributed by atoms with van der Waals surface area (Å²) in [7, 11) is 0. The monoisotopic (exact) mass is 221 g/mol. The van der Waals surface area contributed by atoms with E-state index < -0.39 is 6.10 Å². The Hall–Kier alpha value is 0.440. The van der Waals surface area contributed by atoms with Crippen LogP contribution in [-0.2, 0) is 5.11 Å². The van der Waals surface area contributed by atoms with E-state index in [0.717, 1.165) is 12.8 Å². The number of alkyl halides is 1. The van der Waals surface area contributed by atoms with Crippen molar-refractivity contribution in [2.45, 2.75) is 51.5 Å². The summed E-state index contributed by atoms with van der Waals surface area (Å²) in [5.74, 6) is 0. The predicted molar refractivity (Wildman–Crippen MR) is 51.6 cm³/mol. The van der Waals surface area contributed by atoms with Crippen LogP contribution in [0.4, 0.5) is 0 Å². The van der Waals surface area contributed by atoms with Crippen LogP contribution in [0.5, 0.6) is 0 Å². The molecule has 11 heavy (non-hydrogen) atoms. The molecule has 2 heteroatoms. The molecule has 1 nitrogen and oxygen atoms in total. The van der Waals surface area contributed by atoms with Crippen molar-refractivity contribution in [2.75, 3.05) is 0 Å². The second-order valence-corrected chi connectivity index (χ2v) is 5.39. The van der Waals surface area contributed by atoms with Crippen LogP contribution >= 0.6 is 15.9 Å². The molecule has 67 valence electrons. The number of rotatable bonds is 3. The summed E-state index contributed by atoms with van der Waals surface area (Å²) in [5.41, 5.74) is -0.0960. The molecule has 0 aromatic carbocycles. The van der Waals surface area contributed by atoms with Gasteiger partial charge in [-0.25, -0.2) is 5.11 Å². The van der Waals surface area contributed by atoms with Gasteiger partial charge in [-0.15, -0.1) is 0 Å². The summed E-state index contributed by atoms with van der Waals surface area (Å²) in [5, 5.41) is 11.5. The normalized spacial score (nSPS) is 18.0. The summed E-state index contributed by atoms with van der Waals surface area (Å²) in [6.07, 6.45) is 1.32. The predicted octanol–water partition coefficient (Wildman–Crippen LogP) is 3.40. The minimum atomic E-state index is -0.452. The maximum absolute atomic E-state index is 11.5. The van der Waals surface area contributed by atoms with Crippen molar-refractivity contribution in [3.63, 3.8) is 0 Å². The molecule has 2 unspecified atom stereocenters. The van der Waals surface area contributed by atoms with Crippen molar-refractivity contribution in [1.29, 1.82) is 0 Å². The Morgan fingerprint density at radius 3 is 2.09 bits per heavy atom. The molecule has 0 aromatic rings. The topological polar surface area (TPSA) is 19.9 Å². The lowest BCUT2D eigenvalue weighted by Crippen LogP contribution is -2.27. The zero-order valence-corrected chi connectivity index (χ0v) is 9.44. The van der Waals surface area contributed by atoms with E-state index in [-0.39, 0.29) is 5.41 Å². The molecular formula is C9H18BrO. The van der Waals surface area contributed by atoms with Gasteiger partial charge in [0.1, 0.15) is 0 Å². The van der Waals surface area contributed by atoms with Gasteiger partial charge in [0.15, 0.2) is 0 Å². The molecule has 0 fully saturated rings. The first-order valence-electron chi connectivity index (χ1n) is 4.17. The van der Waals surface area contributed by atoms with Crippen LogP contribution in [0.2, 0.25) is 0 Å². The first-order chi connectivity index (χ1) is 4.88. The lowest BCUT2D eigenvalue weighted by molar-refractivity contribution is -0.00535. The zero-order chi connectivity index (χ0) is 9.07. The van der Waals surface area contributed by atoms with Gasteiger partial charge in [-0.05, 0) is 18.3 Å². The molecule has 0 aliphatic carbocycles. The fourth-order valence-electron chi connectivity index (χ4n) is 0.753. The van der Waals surface area contributed by atoms with Gasteiger partial charge in [-0.2, -0.15) is 0 Å². The molecule has 1 radical (unpaired) electrons. The first kappa shape index (κ1) is 11.4. The van der Waals surface area contributed by atoms with E-state index >= 15 is 0 Å². The van der Waals surface area contributed by atoms with Crippen LogP contribution in [0.1, 0.15) is 40.5 Å². The molecule has 0 aromatic heterocycles. The minimum Gasteiger partial charge on any atom is -0.232 e. The third kappa shape index (κ3) is 4.81. The second-order valence-electron chi connectivity index (χ2n) is 4.10. The molecule has 0 saturated heterocycles. The highest BCUT2D eigenvalue weighted by molar-refractivity contribution is 9.09. The van der Waals surface area contributed by atoms with Crippen LogP contribution in [0.25, 0.3) is 0 Å². The Labute approximate surface area is 78.3 Å². The van der Waals surface area contributed by atoms with Crippen molar-refractivity contribution in [1.82, 2.24) is 0 Å². The molecule has 0 aliphatic rings. The van der Waals surface area contributed by atoms with Gasteiger partial charge >= 0.3 is 0 Å². The molecule has 0 bridgehead atoms. The SMILES string of the molecule is CCC(Br)CC([O])C(C)(C)C. The summed E-state index contributed by atoms with van der Waals surface area (Å²) in [6.45, 7) is 8.09. The molecule has 0 amide bonds. The minimum absolute atomic E-state index is 0.0960. The molecule has 0 rings (SSSR count). The average molecular weight is 222 g/mol. The average Bonchev–Trinajstić information content (AvgIpc) is 1.85. The van der Waals surface area contributed by atoms with Gasteiger partial charge < -0.3 is 0 Å². The highest BCUT2D eigenvalue weighted by Gasteiger charge is 2.25. The molecule has 0 heterocycles. The van der Waals surface area contributed by atoms with E-state index in [1.807, 2.05) is 20.8 Å². The number of halogens is 1. The van der Waals surface area contributed by atoms with Crippen LogP contribution in [0.15, 0.2) is 0 Å². The fourth-order valence-corrected chi connectivity index (χ4v) is 1.09. The summed E-state index contributed by atoms with van der Waals surface area (Å²) in [6, 6.07) is 0. The molecule has 0 saturated carbocycles.